The fraction of sp³-hybridized carbons (Fsp3) is 0.625. The molecule has 2 nitrogen and oxygen atoms in total. The monoisotopic (exact) mass is 281 g/mol. The minimum Gasteiger partial charge on any atom is -0.373 e. The number of benzene rings is 1. The van der Waals surface area contributed by atoms with Crippen molar-refractivity contribution >= 4 is 11.6 Å². The molecule has 0 unspecified atom stereocenters. The molecule has 1 saturated carbocycles. The molecule has 1 aromatic rings. The maximum Gasteiger partial charge on any atom is 0.0735 e. The van der Waals surface area contributed by atoms with E-state index in [1.165, 1.54) is 12.8 Å². The number of ether oxygens (including phenoxy) is 1. The molecule has 0 atom stereocenters. The van der Waals surface area contributed by atoms with Crippen molar-refractivity contribution in [2.45, 2.75) is 58.8 Å². The molecular weight excluding hydrogens is 258 g/mol. The summed E-state index contributed by atoms with van der Waals surface area (Å²) in [5.74, 6) is 0. The first-order chi connectivity index (χ1) is 9.00. The minimum absolute atomic E-state index is 0.387. The lowest BCUT2D eigenvalue weighted by Gasteiger charge is -2.34. The zero-order valence-corrected chi connectivity index (χ0v) is 12.7. The number of hydrogen-bond donors (Lipinski definition) is 1. The molecule has 19 heavy (non-hydrogen) atoms. The van der Waals surface area contributed by atoms with Gasteiger partial charge in [0.25, 0.3) is 0 Å². The average Bonchev–Trinajstić information content (AvgIpc) is 2.38. The molecule has 1 aromatic carbocycles. The van der Waals surface area contributed by atoms with E-state index in [1.54, 1.807) is 0 Å². The maximum absolute atomic E-state index is 6.24. The van der Waals surface area contributed by atoms with Gasteiger partial charge in [-0.05, 0) is 48.3 Å². The average molecular weight is 282 g/mol. The summed E-state index contributed by atoms with van der Waals surface area (Å²) in [7, 11) is 0. The molecule has 0 bridgehead atoms. The zero-order valence-electron chi connectivity index (χ0n) is 11.9. The molecule has 0 spiro atoms. The standard InChI is InChI=1S/C16H24ClNO/c1-16(2)7-5-14(6-8-16)19-11-13-4-3-12(10-18)9-15(13)17/h3-4,9,14H,5-8,10-11,18H2,1-2H3. The quantitative estimate of drug-likeness (QED) is 0.894. The van der Waals surface area contributed by atoms with Crippen molar-refractivity contribution < 1.29 is 4.74 Å². The van der Waals surface area contributed by atoms with Crippen molar-refractivity contribution in [3.63, 3.8) is 0 Å². The van der Waals surface area contributed by atoms with Crippen LogP contribution in [-0.4, -0.2) is 6.10 Å². The third kappa shape index (κ3) is 4.20. The van der Waals surface area contributed by atoms with Crippen molar-refractivity contribution in [1.82, 2.24) is 0 Å². The fourth-order valence-electron chi connectivity index (χ4n) is 2.58. The molecule has 0 aliphatic heterocycles. The molecule has 0 aromatic heterocycles. The van der Waals surface area contributed by atoms with Gasteiger partial charge in [-0.15, -0.1) is 0 Å². The van der Waals surface area contributed by atoms with E-state index >= 15 is 0 Å². The molecule has 2 N–H and O–H groups in total. The van der Waals surface area contributed by atoms with Gasteiger partial charge >= 0.3 is 0 Å². The van der Waals surface area contributed by atoms with Crippen molar-refractivity contribution in [3.05, 3.63) is 34.3 Å². The first-order valence-corrected chi connectivity index (χ1v) is 7.47. The van der Waals surface area contributed by atoms with Crippen LogP contribution >= 0.6 is 11.6 Å². The van der Waals surface area contributed by atoms with E-state index in [2.05, 4.69) is 13.8 Å². The van der Waals surface area contributed by atoms with Crippen LogP contribution < -0.4 is 5.73 Å². The highest BCUT2D eigenvalue weighted by molar-refractivity contribution is 6.31. The van der Waals surface area contributed by atoms with Gasteiger partial charge in [0.15, 0.2) is 0 Å². The van der Waals surface area contributed by atoms with Crippen LogP contribution in [0.2, 0.25) is 5.02 Å². The smallest absolute Gasteiger partial charge is 0.0735 e. The number of hydrogen-bond acceptors (Lipinski definition) is 2. The van der Waals surface area contributed by atoms with Gasteiger partial charge in [0, 0.05) is 11.6 Å². The van der Waals surface area contributed by atoms with E-state index in [0.717, 1.165) is 29.0 Å². The Hall–Kier alpha value is -0.570. The Labute approximate surface area is 121 Å². The molecule has 1 fully saturated rings. The summed E-state index contributed by atoms with van der Waals surface area (Å²) < 4.78 is 6.00. The van der Waals surface area contributed by atoms with Crippen molar-refractivity contribution in [2.75, 3.05) is 0 Å². The highest BCUT2D eigenvalue weighted by Crippen LogP contribution is 2.36. The number of halogens is 1. The first kappa shape index (κ1) is 14.8. The lowest BCUT2D eigenvalue weighted by molar-refractivity contribution is -0.00555. The summed E-state index contributed by atoms with van der Waals surface area (Å²) in [5.41, 5.74) is 8.20. The first-order valence-electron chi connectivity index (χ1n) is 7.09. The van der Waals surface area contributed by atoms with Gasteiger partial charge in [-0.25, -0.2) is 0 Å². The van der Waals surface area contributed by atoms with Crippen LogP contribution in [0.4, 0.5) is 0 Å². The summed E-state index contributed by atoms with van der Waals surface area (Å²) in [6.45, 7) is 5.81. The Balaban J connectivity index is 1.86. The summed E-state index contributed by atoms with van der Waals surface area (Å²) in [5, 5.41) is 0.763. The van der Waals surface area contributed by atoms with Gasteiger partial charge < -0.3 is 10.5 Å². The van der Waals surface area contributed by atoms with Crippen molar-refractivity contribution in [1.29, 1.82) is 0 Å². The molecule has 1 aliphatic carbocycles. The van der Waals surface area contributed by atoms with Crippen LogP contribution in [0.25, 0.3) is 0 Å². The molecule has 106 valence electrons. The molecule has 3 heteroatoms. The minimum atomic E-state index is 0.387. The lowest BCUT2D eigenvalue weighted by Crippen LogP contribution is -2.26. The van der Waals surface area contributed by atoms with Gasteiger partial charge in [0.05, 0.1) is 12.7 Å². The van der Waals surface area contributed by atoms with Gasteiger partial charge in [0.1, 0.15) is 0 Å². The van der Waals surface area contributed by atoms with Crippen molar-refractivity contribution in [3.8, 4) is 0 Å². The predicted molar refractivity (Wildman–Crippen MR) is 80.2 cm³/mol. The van der Waals surface area contributed by atoms with Crippen LogP contribution in [0, 0.1) is 5.41 Å². The van der Waals surface area contributed by atoms with Crippen LogP contribution in [-0.2, 0) is 17.9 Å². The number of nitrogens with two attached hydrogens (primary N) is 1. The van der Waals surface area contributed by atoms with Gasteiger partial charge in [-0.1, -0.05) is 37.6 Å². The largest absolute Gasteiger partial charge is 0.373 e. The maximum atomic E-state index is 6.24. The molecule has 2 rings (SSSR count). The van der Waals surface area contributed by atoms with Crippen LogP contribution in [0.15, 0.2) is 18.2 Å². The van der Waals surface area contributed by atoms with E-state index in [9.17, 15) is 0 Å². The second-order valence-electron chi connectivity index (χ2n) is 6.30. The van der Waals surface area contributed by atoms with Gasteiger partial charge in [-0.2, -0.15) is 0 Å². The van der Waals surface area contributed by atoms with Crippen LogP contribution in [0.5, 0.6) is 0 Å². The van der Waals surface area contributed by atoms with E-state index in [1.807, 2.05) is 18.2 Å². The Bertz CT molecular complexity index is 421. The third-order valence-corrected chi connectivity index (χ3v) is 4.47. The molecule has 0 radical (unpaired) electrons. The van der Waals surface area contributed by atoms with Crippen LogP contribution in [0.3, 0.4) is 0 Å². The third-order valence-electron chi connectivity index (χ3n) is 4.11. The molecule has 0 saturated heterocycles. The van der Waals surface area contributed by atoms with Gasteiger partial charge in [-0.3, -0.25) is 0 Å². The van der Waals surface area contributed by atoms with E-state index < -0.39 is 0 Å². The molecule has 0 amide bonds. The van der Waals surface area contributed by atoms with E-state index in [0.29, 0.717) is 24.7 Å². The normalized spacial score (nSPS) is 19.6. The predicted octanol–water partition coefficient (Wildman–Crippen LogP) is 4.28. The van der Waals surface area contributed by atoms with Gasteiger partial charge in [0.2, 0.25) is 0 Å². The highest BCUT2D eigenvalue weighted by Gasteiger charge is 2.27. The molecule has 0 heterocycles. The van der Waals surface area contributed by atoms with Crippen LogP contribution in [0.1, 0.15) is 50.7 Å². The Morgan fingerprint density at radius 1 is 1.32 bits per heavy atom. The Morgan fingerprint density at radius 3 is 2.58 bits per heavy atom. The number of rotatable bonds is 4. The molecule has 1 aliphatic rings. The fourth-order valence-corrected chi connectivity index (χ4v) is 2.84. The summed E-state index contributed by atoms with van der Waals surface area (Å²) in [4.78, 5) is 0. The SMILES string of the molecule is CC1(C)CCC(OCc2ccc(CN)cc2Cl)CC1. The van der Waals surface area contributed by atoms with E-state index in [-0.39, 0.29) is 0 Å². The lowest BCUT2D eigenvalue weighted by atomic mass is 9.76. The summed E-state index contributed by atoms with van der Waals surface area (Å²) in [6.07, 6.45) is 5.20. The summed E-state index contributed by atoms with van der Waals surface area (Å²) >= 11 is 6.24. The second-order valence-corrected chi connectivity index (χ2v) is 6.71. The molecular formula is C16H24ClNO. The van der Waals surface area contributed by atoms with Crippen molar-refractivity contribution in [2.24, 2.45) is 11.1 Å². The van der Waals surface area contributed by atoms with E-state index in [4.69, 9.17) is 22.1 Å². The highest BCUT2D eigenvalue weighted by atomic mass is 35.5. The Morgan fingerprint density at radius 2 is 2.00 bits per heavy atom. The zero-order chi connectivity index (χ0) is 13.9. The summed E-state index contributed by atoms with van der Waals surface area (Å²) in [6, 6.07) is 5.98. The Kier molecular flexibility index (Phi) is 4.88. The second kappa shape index (κ2) is 6.25. The topological polar surface area (TPSA) is 35.2 Å².